The van der Waals surface area contributed by atoms with Crippen molar-refractivity contribution in [1.29, 1.82) is 0 Å². The average Bonchev–Trinajstić information content (AvgIpc) is 2.96. The van der Waals surface area contributed by atoms with E-state index in [0.717, 1.165) is 0 Å². The molecule has 0 heterocycles. The van der Waals surface area contributed by atoms with Gasteiger partial charge in [0.15, 0.2) is 11.5 Å². The Bertz CT molecular complexity index is 377. The van der Waals surface area contributed by atoms with Gasteiger partial charge >= 0.3 is 0 Å². The molecule has 1 aromatic carbocycles. The number of rotatable bonds is 7. The first-order valence-corrected chi connectivity index (χ1v) is 6.97. The molecule has 1 unspecified atom stereocenters. The summed E-state index contributed by atoms with van der Waals surface area (Å²) in [5, 5.41) is 13.3. The number of aliphatic hydroxyl groups excluding tert-OH is 1. The average molecular weight is 265 g/mol. The topological polar surface area (TPSA) is 50.7 Å². The molecule has 106 valence electrons. The summed E-state index contributed by atoms with van der Waals surface area (Å²) in [6.07, 6.45) is 4.54. The van der Waals surface area contributed by atoms with Gasteiger partial charge in [0.1, 0.15) is 12.7 Å². The lowest BCUT2D eigenvalue weighted by atomic mass is 10.2. The summed E-state index contributed by atoms with van der Waals surface area (Å²) in [4.78, 5) is 0. The molecule has 2 rings (SSSR count). The van der Waals surface area contributed by atoms with Gasteiger partial charge in [0.25, 0.3) is 0 Å². The number of hydrogen-bond acceptors (Lipinski definition) is 4. The van der Waals surface area contributed by atoms with E-state index in [9.17, 15) is 5.11 Å². The molecule has 2 N–H and O–H groups in total. The minimum Gasteiger partial charge on any atom is -0.493 e. The van der Waals surface area contributed by atoms with Gasteiger partial charge < -0.3 is 19.9 Å². The third kappa shape index (κ3) is 4.40. The molecule has 0 radical (unpaired) electrons. The number of aliphatic hydroxyl groups is 1. The van der Waals surface area contributed by atoms with E-state index in [1.807, 2.05) is 24.3 Å². The second-order valence-corrected chi connectivity index (χ2v) is 5.01. The van der Waals surface area contributed by atoms with E-state index in [4.69, 9.17) is 9.47 Å². The quantitative estimate of drug-likeness (QED) is 0.791. The van der Waals surface area contributed by atoms with E-state index in [-0.39, 0.29) is 6.61 Å². The van der Waals surface area contributed by atoms with Gasteiger partial charge in [-0.2, -0.15) is 0 Å². The number of hydrogen-bond donors (Lipinski definition) is 2. The van der Waals surface area contributed by atoms with Crippen molar-refractivity contribution in [3.63, 3.8) is 0 Å². The molecule has 1 saturated carbocycles. The van der Waals surface area contributed by atoms with Crippen molar-refractivity contribution in [3.05, 3.63) is 24.3 Å². The van der Waals surface area contributed by atoms with Gasteiger partial charge in [-0.15, -0.1) is 0 Å². The third-order valence-electron chi connectivity index (χ3n) is 3.50. The Morgan fingerprint density at radius 3 is 2.63 bits per heavy atom. The molecule has 0 spiro atoms. The summed E-state index contributed by atoms with van der Waals surface area (Å²) < 4.78 is 10.8. The standard InChI is InChI=1S/C15H23NO3/c1-18-14-8-4-5-9-15(14)19-11-13(17)10-16-12-6-2-3-7-12/h4-5,8-9,12-13,16-17H,2-3,6-7,10-11H2,1H3. The maximum atomic E-state index is 9.91. The van der Waals surface area contributed by atoms with E-state index >= 15 is 0 Å². The maximum Gasteiger partial charge on any atom is 0.161 e. The van der Waals surface area contributed by atoms with Crippen molar-refractivity contribution in [3.8, 4) is 11.5 Å². The summed E-state index contributed by atoms with van der Waals surface area (Å²) in [6, 6.07) is 8.04. The molecular weight excluding hydrogens is 242 g/mol. The summed E-state index contributed by atoms with van der Waals surface area (Å²) in [5.74, 6) is 1.36. The van der Waals surface area contributed by atoms with Gasteiger partial charge in [-0.3, -0.25) is 0 Å². The zero-order valence-electron chi connectivity index (χ0n) is 11.5. The monoisotopic (exact) mass is 265 g/mol. The molecule has 1 aromatic rings. The fourth-order valence-electron chi connectivity index (χ4n) is 2.42. The molecule has 1 atom stereocenters. The van der Waals surface area contributed by atoms with Crippen LogP contribution in [-0.4, -0.2) is 37.5 Å². The van der Waals surface area contributed by atoms with Crippen LogP contribution in [0.3, 0.4) is 0 Å². The predicted octanol–water partition coefficient (Wildman–Crippen LogP) is 1.97. The fraction of sp³-hybridized carbons (Fsp3) is 0.600. The van der Waals surface area contributed by atoms with Crippen molar-refractivity contribution in [2.45, 2.75) is 37.8 Å². The number of nitrogens with one attached hydrogen (secondary N) is 1. The first kappa shape index (κ1) is 14.2. The molecule has 0 aromatic heterocycles. The Balaban J connectivity index is 1.71. The highest BCUT2D eigenvalue weighted by Crippen LogP contribution is 2.25. The normalized spacial score (nSPS) is 17.4. The van der Waals surface area contributed by atoms with Crippen LogP contribution in [0.5, 0.6) is 11.5 Å². The Hall–Kier alpha value is -1.26. The van der Waals surface area contributed by atoms with Gasteiger partial charge in [0.05, 0.1) is 7.11 Å². The zero-order valence-corrected chi connectivity index (χ0v) is 11.5. The van der Waals surface area contributed by atoms with Crippen LogP contribution in [0.15, 0.2) is 24.3 Å². The molecule has 0 bridgehead atoms. The van der Waals surface area contributed by atoms with Crippen molar-refractivity contribution in [2.24, 2.45) is 0 Å². The van der Waals surface area contributed by atoms with Crippen LogP contribution in [-0.2, 0) is 0 Å². The summed E-state index contributed by atoms with van der Waals surface area (Å²) in [7, 11) is 1.61. The summed E-state index contributed by atoms with van der Waals surface area (Å²) in [5.41, 5.74) is 0. The van der Waals surface area contributed by atoms with Crippen molar-refractivity contribution >= 4 is 0 Å². The van der Waals surface area contributed by atoms with E-state index in [1.54, 1.807) is 7.11 Å². The molecule has 4 heteroatoms. The molecule has 0 saturated heterocycles. The molecule has 0 aliphatic heterocycles. The van der Waals surface area contributed by atoms with E-state index in [0.29, 0.717) is 24.1 Å². The largest absolute Gasteiger partial charge is 0.493 e. The van der Waals surface area contributed by atoms with Crippen LogP contribution in [0.1, 0.15) is 25.7 Å². The Morgan fingerprint density at radius 1 is 1.26 bits per heavy atom. The molecule has 0 amide bonds. The van der Waals surface area contributed by atoms with Crippen LogP contribution < -0.4 is 14.8 Å². The molecule has 1 aliphatic carbocycles. The van der Waals surface area contributed by atoms with Gasteiger partial charge in [0.2, 0.25) is 0 Å². The molecule has 19 heavy (non-hydrogen) atoms. The third-order valence-corrected chi connectivity index (χ3v) is 3.50. The smallest absolute Gasteiger partial charge is 0.161 e. The van der Waals surface area contributed by atoms with Crippen LogP contribution in [0.4, 0.5) is 0 Å². The van der Waals surface area contributed by atoms with E-state index < -0.39 is 6.10 Å². The lowest BCUT2D eigenvalue weighted by molar-refractivity contribution is 0.102. The molecule has 4 nitrogen and oxygen atoms in total. The molecule has 1 aliphatic rings. The fourth-order valence-corrected chi connectivity index (χ4v) is 2.42. The Kier molecular flexibility index (Phi) is 5.48. The van der Waals surface area contributed by atoms with Gasteiger partial charge in [-0.25, -0.2) is 0 Å². The van der Waals surface area contributed by atoms with Crippen LogP contribution in [0.25, 0.3) is 0 Å². The molecule has 1 fully saturated rings. The minimum atomic E-state index is -0.495. The number of benzene rings is 1. The van der Waals surface area contributed by atoms with Gasteiger partial charge in [0, 0.05) is 12.6 Å². The second-order valence-electron chi connectivity index (χ2n) is 5.01. The highest BCUT2D eigenvalue weighted by molar-refractivity contribution is 5.39. The maximum absolute atomic E-state index is 9.91. The van der Waals surface area contributed by atoms with Gasteiger partial charge in [-0.1, -0.05) is 25.0 Å². The highest BCUT2D eigenvalue weighted by atomic mass is 16.5. The lowest BCUT2D eigenvalue weighted by Crippen LogP contribution is -2.36. The second kappa shape index (κ2) is 7.36. The SMILES string of the molecule is COc1ccccc1OCC(O)CNC1CCCC1. The Morgan fingerprint density at radius 2 is 1.95 bits per heavy atom. The van der Waals surface area contributed by atoms with Crippen molar-refractivity contribution in [2.75, 3.05) is 20.3 Å². The lowest BCUT2D eigenvalue weighted by Gasteiger charge is -2.17. The number of ether oxygens (including phenoxy) is 2. The first-order chi connectivity index (χ1) is 9.29. The van der Waals surface area contributed by atoms with E-state index in [1.165, 1.54) is 25.7 Å². The zero-order chi connectivity index (χ0) is 13.5. The van der Waals surface area contributed by atoms with Crippen LogP contribution in [0.2, 0.25) is 0 Å². The molecular formula is C15H23NO3. The number of para-hydroxylation sites is 2. The van der Waals surface area contributed by atoms with Gasteiger partial charge in [-0.05, 0) is 25.0 Å². The van der Waals surface area contributed by atoms with Crippen LogP contribution in [0, 0.1) is 0 Å². The van der Waals surface area contributed by atoms with Crippen molar-refractivity contribution in [1.82, 2.24) is 5.32 Å². The Labute approximate surface area is 114 Å². The summed E-state index contributed by atoms with van der Waals surface area (Å²) in [6.45, 7) is 0.861. The van der Waals surface area contributed by atoms with Crippen LogP contribution >= 0.6 is 0 Å². The predicted molar refractivity (Wildman–Crippen MR) is 74.8 cm³/mol. The summed E-state index contributed by atoms with van der Waals surface area (Å²) >= 11 is 0. The van der Waals surface area contributed by atoms with Crippen molar-refractivity contribution < 1.29 is 14.6 Å². The first-order valence-electron chi connectivity index (χ1n) is 6.97. The van der Waals surface area contributed by atoms with E-state index in [2.05, 4.69) is 5.32 Å². The minimum absolute atomic E-state index is 0.278. The number of methoxy groups -OCH3 is 1. The highest BCUT2D eigenvalue weighted by Gasteiger charge is 2.16.